The van der Waals surface area contributed by atoms with Crippen LogP contribution in [0.3, 0.4) is 0 Å². The zero-order valence-electron chi connectivity index (χ0n) is 31.0. The third kappa shape index (κ3) is 25.4. The van der Waals surface area contributed by atoms with Gasteiger partial charge in [-0.05, 0) is 104 Å². The van der Waals surface area contributed by atoms with Gasteiger partial charge in [0.05, 0.1) is 18.3 Å². The Labute approximate surface area is 276 Å². The molecule has 0 spiro atoms. The third-order valence-corrected chi connectivity index (χ3v) is 10.1. The SMILES string of the molecule is CCCCC[C@@H](/C=C/C(O[Si](C)(C)C)[C@@H](C/C=C\CCCC(=O)O[Si](C)(C)C)[C@H](C/C=N\OC)O[Si](C)(C)C)O[Si](C)(C)C. The van der Waals surface area contributed by atoms with Gasteiger partial charge in [0, 0.05) is 25.0 Å². The summed E-state index contributed by atoms with van der Waals surface area (Å²) in [6.07, 6.45) is 18.8. The molecule has 0 bridgehead atoms. The zero-order valence-corrected chi connectivity index (χ0v) is 35.0. The molecule has 258 valence electrons. The molecule has 0 rings (SSSR count). The standard InChI is InChI=1S/C33H69NO6Si4/c1-15-16-19-22-29(37-41(3,4)5)25-26-31(38-42(6,7)8)30(32(27-28-34-36-2)39-43(9,10)11)23-20-17-18-21-24-33(35)40-44(12,13)14/h17,20,25-26,28-32H,15-16,18-19,21-24,27H2,1-14H3/b20-17-,26-25+,34-28-/t29-,30+,31?,32-/m0/s1. The first kappa shape index (κ1) is 43.2. The summed E-state index contributed by atoms with van der Waals surface area (Å²) in [5.41, 5.74) is 0. The van der Waals surface area contributed by atoms with Crippen LogP contribution in [-0.2, 0) is 27.3 Å². The molecule has 1 unspecified atom stereocenters. The lowest BCUT2D eigenvalue weighted by Gasteiger charge is -2.38. The number of unbranched alkanes of at least 4 members (excludes halogenated alkanes) is 3. The molecule has 0 aromatic heterocycles. The van der Waals surface area contributed by atoms with Crippen molar-refractivity contribution < 1.29 is 27.3 Å². The fourth-order valence-corrected chi connectivity index (χ4v) is 8.91. The van der Waals surface area contributed by atoms with Crippen molar-refractivity contribution in [2.75, 3.05) is 7.11 Å². The van der Waals surface area contributed by atoms with Crippen molar-refractivity contribution in [2.45, 2.75) is 162 Å². The van der Waals surface area contributed by atoms with E-state index >= 15 is 0 Å². The maximum Gasteiger partial charge on any atom is 0.292 e. The van der Waals surface area contributed by atoms with E-state index in [9.17, 15) is 4.79 Å². The molecule has 0 aromatic carbocycles. The Morgan fingerprint density at radius 3 is 1.86 bits per heavy atom. The summed E-state index contributed by atoms with van der Waals surface area (Å²) >= 11 is 0. The van der Waals surface area contributed by atoms with Gasteiger partial charge in [0.15, 0.2) is 25.0 Å². The van der Waals surface area contributed by atoms with E-state index in [4.69, 9.17) is 22.5 Å². The Bertz CT molecular complexity index is 869. The molecule has 0 saturated carbocycles. The Kier molecular flexibility index (Phi) is 20.7. The molecule has 44 heavy (non-hydrogen) atoms. The van der Waals surface area contributed by atoms with Crippen LogP contribution in [0.25, 0.3) is 0 Å². The van der Waals surface area contributed by atoms with Crippen LogP contribution in [0.4, 0.5) is 0 Å². The summed E-state index contributed by atoms with van der Waals surface area (Å²) in [4.78, 5) is 17.2. The summed E-state index contributed by atoms with van der Waals surface area (Å²) in [5.74, 6) is -0.0106. The molecule has 0 aliphatic rings. The minimum Gasteiger partial charge on any atom is -0.520 e. The van der Waals surface area contributed by atoms with E-state index < -0.39 is 33.3 Å². The molecule has 11 heteroatoms. The fraction of sp³-hybridized carbons (Fsp3) is 0.818. The van der Waals surface area contributed by atoms with Crippen molar-refractivity contribution in [3.63, 3.8) is 0 Å². The van der Waals surface area contributed by atoms with Gasteiger partial charge < -0.3 is 22.5 Å². The number of oxime groups is 1. The van der Waals surface area contributed by atoms with Crippen molar-refractivity contribution in [2.24, 2.45) is 11.1 Å². The van der Waals surface area contributed by atoms with Crippen molar-refractivity contribution in [3.8, 4) is 0 Å². The van der Waals surface area contributed by atoms with Gasteiger partial charge in [0.1, 0.15) is 7.11 Å². The predicted octanol–water partition coefficient (Wildman–Crippen LogP) is 9.92. The molecule has 0 N–H and O–H groups in total. The van der Waals surface area contributed by atoms with E-state index in [2.05, 4.69) is 95.3 Å². The van der Waals surface area contributed by atoms with Gasteiger partial charge >= 0.3 is 0 Å². The van der Waals surface area contributed by atoms with Gasteiger partial charge in [0.2, 0.25) is 8.32 Å². The quantitative estimate of drug-likeness (QED) is 0.0331. The van der Waals surface area contributed by atoms with Gasteiger partial charge in [-0.1, -0.05) is 55.6 Å². The van der Waals surface area contributed by atoms with Crippen LogP contribution in [0.2, 0.25) is 78.6 Å². The van der Waals surface area contributed by atoms with Crippen LogP contribution >= 0.6 is 0 Å². The van der Waals surface area contributed by atoms with E-state index in [0.29, 0.717) is 12.8 Å². The lowest BCUT2D eigenvalue weighted by atomic mass is 9.89. The zero-order chi connectivity index (χ0) is 34.0. The summed E-state index contributed by atoms with van der Waals surface area (Å²) in [7, 11) is -5.84. The van der Waals surface area contributed by atoms with Gasteiger partial charge in [-0.3, -0.25) is 4.79 Å². The third-order valence-electron chi connectivity index (χ3n) is 6.27. The largest absolute Gasteiger partial charge is 0.520 e. The fourth-order valence-electron chi connectivity index (χ4n) is 4.77. The normalized spacial score (nSPS) is 16.5. The number of rotatable bonds is 24. The molecule has 0 saturated heterocycles. The smallest absolute Gasteiger partial charge is 0.292 e. The van der Waals surface area contributed by atoms with E-state index in [1.54, 1.807) is 7.11 Å². The molecule has 0 radical (unpaired) electrons. The average Bonchev–Trinajstić information content (AvgIpc) is 2.82. The Morgan fingerprint density at radius 2 is 1.34 bits per heavy atom. The topological polar surface area (TPSA) is 75.6 Å². The Balaban J connectivity index is 6.30. The molecule has 0 amide bonds. The molecule has 0 aromatic rings. The van der Waals surface area contributed by atoms with Crippen LogP contribution in [-0.4, -0.2) is 70.9 Å². The first-order valence-electron chi connectivity index (χ1n) is 16.8. The van der Waals surface area contributed by atoms with Crippen molar-refractivity contribution >= 4 is 45.5 Å². The molecular weight excluding hydrogens is 619 g/mol. The second-order valence-corrected chi connectivity index (χ2v) is 33.5. The molecule has 7 nitrogen and oxygen atoms in total. The van der Waals surface area contributed by atoms with E-state index in [-0.39, 0.29) is 30.2 Å². The molecule has 0 aliphatic heterocycles. The van der Waals surface area contributed by atoms with Crippen LogP contribution in [0.5, 0.6) is 0 Å². The highest BCUT2D eigenvalue weighted by Gasteiger charge is 2.35. The highest BCUT2D eigenvalue weighted by Crippen LogP contribution is 2.29. The summed E-state index contributed by atoms with van der Waals surface area (Å²) in [6.45, 7) is 28.6. The summed E-state index contributed by atoms with van der Waals surface area (Å²) in [5, 5.41) is 4.06. The highest BCUT2D eigenvalue weighted by molar-refractivity contribution is 6.71. The van der Waals surface area contributed by atoms with Crippen molar-refractivity contribution in [1.29, 1.82) is 0 Å². The number of hydrogen-bond donors (Lipinski definition) is 0. The maximum atomic E-state index is 12.2. The summed E-state index contributed by atoms with van der Waals surface area (Å²) in [6, 6.07) is 0. The van der Waals surface area contributed by atoms with Crippen molar-refractivity contribution in [3.05, 3.63) is 24.3 Å². The first-order chi connectivity index (χ1) is 20.2. The van der Waals surface area contributed by atoms with Crippen LogP contribution < -0.4 is 0 Å². The van der Waals surface area contributed by atoms with Gasteiger partial charge in [-0.2, -0.15) is 0 Å². The van der Waals surface area contributed by atoms with Crippen LogP contribution in [0.15, 0.2) is 29.5 Å². The van der Waals surface area contributed by atoms with E-state index in [1.807, 2.05) is 25.9 Å². The number of carbonyl (C=O) groups is 1. The number of allylic oxidation sites excluding steroid dienone is 2. The lowest BCUT2D eigenvalue weighted by molar-refractivity contribution is -0.135. The van der Waals surface area contributed by atoms with Crippen LogP contribution in [0, 0.1) is 5.92 Å². The maximum absolute atomic E-state index is 12.2. The molecular formula is C33H69NO6Si4. The second kappa shape index (κ2) is 21.1. The van der Waals surface area contributed by atoms with Gasteiger partial charge in [0.25, 0.3) is 5.97 Å². The van der Waals surface area contributed by atoms with E-state index in [1.165, 1.54) is 12.8 Å². The number of carbonyl (C=O) groups excluding carboxylic acids is 1. The molecule has 4 atom stereocenters. The lowest BCUT2D eigenvalue weighted by Crippen LogP contribution is -2.44. The predicted molar refractivity (Wildman–Crippen MR) is 199 cm³/mol. The monoisotopic (exact) mass is 687 g/mol. The van der Waals surface area contributed by atoms with Crippen molar-refractivity contribution in [1.82, 2.24) is 0 Å². The van der Waals surface area contributed by atoms with E-state index in [0.717, 1.165) is 32.1 Å². The van der Waals surface area contributed by atoms with Gasteiger partial charge in [-0.15, -0.1) is 0 Å². The molecule has 0 aliphatic carbocycles. The minimum absolute atomic E-state index is 0.0734. The first-order valence-corrected chi connectivity index (χ1v) is 30.4. The Morgan fingerprint density at radius 1 is 0.727 bits per heavy atom. The number of nitrogens with zero attached hydrogens (tertiary/aromatic N) is 1. The minimum atomic E-state index is -1.93. The molecule has 0 heterocycles. The average molecular weight is 688 g/mol. The van der Waals surface area contributed by atoms with Crippen LogP contribution in [0.1, 0.15) is 64.7 Å². The highest BCUT2D eigenvalue weighted by atomic mass is 28.4. The Hall–Kier alpha value is -0.832. The molecule has 0 fully saturated rings. The summed E-state index contributed by atoms with van der Waals surface area (Å²) < 4.78 is 26.0. The number of hydrogen-bond acceptors (Lipinski definition) is 7. The second-order valence-electron chi connectivity index (χ2n) is 15.7. The van der Waals surface area contributed by atoms with Gasteiger partial charge in [-0.25, -0.2) is 0 Å².